The summed E-state index contributed by atoms with van der Waals surface area (Å²) in [6, 6.07) is 40.8. The molecular weight excluding hydrogens is 838 g/mol. The number of likely N-dealkylation sites (N-methyl/N-ethyl adjacent to an activating group) is 2. The number of hydrogen-bond acceptors (Lipinski definition) is 10. The molecular formula is C50H66N10O2Zn. The number of amidine groups is 2. The predicted octanol–water partition coefficient (Wildman–Crippen LogP) is 9.32. The number of nitrogens with zero attached hydrogens (tertiary/aromatic N) is 8. The number of benzene rings is 4. The fourth-order valence-electron chi connectivity index (χ4n) is 8.82. The molecule has 12 nitrogen and oxygen atoms in total. The first-order valence-corrected chi connectivity index (χ1v) is 22.3. The van der Waals surface area contributed by atoms with Crippen molar-refractivity contribution in [1.82, 2.24) is 30.5 Å². The number of aliphatic hydroxyl groups is 2. The molecule has 2 fully saturated rings. The third kappa shape index (κ3) is 11.4. The summed E-state index contributed by atoms with van der Waals surface area (Å²) < 4.78 is 0. The van der Waals surface area contributed by atoms with Gasteiger partial charge in [-0.2, -0.15) is 0 Å². The van der Waals surface area contributed by atoms with Gasteiger partial charge in [-0.25, -0.2) is 30.0 Å². The van der Waals surface area contributed by atoms with Crippen molar-refractivity contribution < 1.29 is 29.7 Å². The zero-order valence-electron chi connectivity index (χ0n) is 38.1. The van der Waals surface area contributed by atoms with Crippen molar-refractivity contribution in [2.24, 2.45) is 9.98 Å². The van der Waals surface area contributed by atoms with Crippen LogP contribution in [0.1, 0.15) is 89.7 Å². The molecule has 4 aliphatic heterocycles. The third-order valence-corrected chi connectivity index (χ3v) is 12.4. The van der Waals surface area contributed by atoms with Gasteiger partial charge in [0.05, 0.1) is 46.5 Å². The molecule has 330 valence electrons. The van der Waals surface area contributed by atoms with E-state index in [1.165, 1.54) is 49.7 Å². The standard InChI is InChI=1S/2C25H33N5O.Zn/c2*1-19-23(25(31)30(28(19)3)22-15-9-5-10-16-22)26-20(2)27-24(21-13-7-4-8-14-21)29-17-11-6-12-18-29;/h2*4-5,7-10,13-16,19,24,31H,6,11-12,17-18H2,1-3H3,(H,26,27);. The van der Waals surface area contributed by atoms with Crippen LogP contribution in [0.4, 0.5) is 11.4 Å². The number of aliphatic hydroxyl groups excluding tert-OH is 2. The van der Waals surface area contributed by atoms with Gasteiger partial charge in [0.2, 0.25) is 11.8 Å². The molecule has 4 unspecified atom stereocenters. The Balaban J connectivity index is 0.000000206. The first kappa shape index (κ1) is 47.4. The molecule has 0 bridgehead atoms. The largest absolute Gasteiger partial charge is 0.492 e. The van der Waals surface area contributed by atoms with Crippen LogP contribution in [0.15, 0.2) is 154 Å². The van der Waals surface area contributed by atoms with E-state index in [4.69, 9.17) is 9.98 Å². The summed E-state index contributed by atoms with van der Waals surface area (Å²) in [6.45, 7) is 12.4. The van der Waals surface area contributed by atoms with E-state index in [1.807, 2.05) is 121 Å². The Kier molecular flexibility index (Phi) is 17.0. The molecule has 0 saturated carbocycles. The molecule has 4 heterocycles. The summed E-state index contributed by atoms with van der Waals surface area (Å²) >= 11 is 0. The van der Waals surface area contributed by atoms with Crippen LogP contribution in [0.3, 0.4) is 0 Å². The molecule has 4 N–H and O–H groups in total. The number of hydrazine groups is 2. The van der Waals surface area contributed by atoms with E-state index in [0.29, 0.717) is 0 Å². The molecule has 0 spiro atoms. The van der Waals surface area contributed by atoms with Gasteiger partial charge in [0.1, 0.15) is 12.3 Å². The van der Waals surface area contributed by atoms with Gasteiger partial charge in [-0.1, -0.05) is 110 Å². The Hall–Kier alpha value is -5.04. The SMILES string of the molecule is C/C(=N\C(c1ccccc1)N1CCCCC1)NC1=C(O)N(c2ccccc2)N(C)C1C.C/C(=N\C(c1ccccc1)N1CCCCC1)NC1=C(O)N(c2ccccc2)N(C)C1C.[Zn]. The maximum Gasteiger partial charge on any atom is 0.228 e. The number of hydrogen-bond donors (Lipinski definition) is 4. The number of aliphatic imine (C=N–C) groups is 2. The number of piperidine rings is 2. The van der Waals surface area contributed by atoms with Crippen molar-refractivity contribution in [2.75, 3.05) is 50.3 Å². The fraction of sp³-hybridized carbons (Fsp3) is 0.400. The zero-order valence-corrected chi connectivity index (χ0v) is 41.1. The van der Waals surface area contributed by atoms with E-state index in [2.05, 4.69) is 82.8 Å². The van der Waals surface area contributed by atoms with Crippen LogP contribution >= 0.6 is 0 Å². The van der Waals surface area contributed by atoms with Gasteiger partial charge < -0.3 is 20.8 Å². The second-order valence-corrected chi connectivity index (χ2v) is 16.7. The number of nitrogens with one attached hydrogen (secondary N) is 2. The first-order valence-electron chi connectivity index (χ1n) is 22.3. The smallest absolute Gasteiger partial charge is 0.228 e. The molecule has 0 aliphatic carbocycles. The molecule has 0 radical (unpaired) electrons. The van der Waals surface area contributed by atoms with Gasteiger partial charge in [0.15, 0.2) is 0 Å². The quantitative estimate of drug-likeness (QED) is 0.0699. The molecule has 0 aromatic heterocycles. The maximum atomic E-state index is 11.0. The van der Waals surface area contributed by atoms with Crippen LogP contribution in [0.25, 0.3) is 0 Å². The molecule has 4 aliphatic rings. The van der Waals surface area contributed by atoms with Crippen molar-refractivity contribution in [2.45, 2.75) is 90.6 Å². The Morgan fingerprint density at radius 1 is 0.508 bits per heavy atom. The maximum absolute atomic E-state index is 11.0. The Morgan fingerprint density at radius 2 is 0.810 bits per heavy atom. The van der Waals surface area contributed by atoms with Crippen LogP contribution in [-0.4, -0.2) is 94.1 Å². The molecule has 4 aromatic carbocycles. The van der Waals surface area contributed by atoms with Crippen LogP contribution in [0.5, 0.6) is 0 Å². The molecule has 13 heteroatoms. The van der Waals surface area contributed by atoms with Crippen LogP contribution < -0.4 is 20.7 Å². The molecule has 2 saturated heterocycles. The van der Waals surface area contributed by atoms with Crippen molar-refractivity contribution in [3.05, 3.63) is 156 Å². The minimum Gasteiger partial charge on any atom is -0.492 e. The molecule has 0 amide bonds. The van der Waals surface area contributed by atoms with E-state index >= 15 is 0 Å². The second kappa shape index (κ2) is 22.5. The number of rotatable bonds is 10. The minimum atomic E-state index is -0.0172. The fourth-order valence-corrected chi connectivity index (χ4v) is 8.82. The Morgan fingerprint density at radius 3 is 1.13 bits per heavy atom. The van der Waals surface area contributed by atoms with Gasteiger partial charge in [-0.05, 0) is 88.8 Å². The Labute approximate surface area is 388 Å². The Bertz CT molecular complexity index is 2010. The number of likely N-dealkylation sites (tertiary alicyclic amines) is 2. The van der Waals surface area contributed by atoms with Crippen molar-refractivity contribution in [1.29, 1.82) is 0 Å². The zero-order chi connectivity index (χ0) is 43.6. The van der Waals surface area contributed by atoms with Crippen LogP contribution in [0, 0.1) is 0 Å². The van der Waals surface area contributed by atoms with Gasteiger partial charge in [-0.15, -0.1) is 0 Å². The summed E-state index contributed by atoms with van der Waals surface area (Å²) in [4.78, 5) is 15.1. The molecule has 4 atom stereocenters. The van der Waals surface area contributed by atoms with E-state index < -0.39 is 0 Å². The summed E-state index contributed by atoms with van der Waals surface area (Å²) in [5.41, 5.74) is 5.78. The average molecular weight is 905 g/mol. The molecule has 63 heavy (non-hydrogen) atoms. The second-order valence-electron chi connectivity index (χ2n) is 16.7. The van der Waals surface area contributed by atoms with Crippen LogP contribution in [-0.2, 0) is 19.5 Å². The van der Waals surface area contributed by atoms with Gasteiger partial charge in [0.25, 0.3) is 0 Å². The summed E-state index contributed by atoms with van der Waals surface area (Å²) in [7, 11) is 3.96. The predicted molar refractivity (Wildman–Crippen MR) is 253 cm³/mol. The van der Waals surface area contributed by atoms with Crippen molar-refractivity contribution in [3.63, 3.8) is 0 Å². The molecule has 4 aromatic rings. The van der Waals surface area contributed by atoms with Gasteiger partial charge in [0, 0.05) is 59.8 Å². The van der Waals surface area contributed by atoms with Crippen molar-refractivity contribution in [3.8, 4) is 0 Å². The summed E-state index contributed by atoms with van der Waals surface area (Å²) in [5.74, 6) is 2.03. The summed E-state index contributed by atoms with van der Waals surface area (Å²) in [5, 5.41) is 36.6. The number of para-hydroxylation sites is 2. The monoisotopic (exact) mass is 902 g/mol. The van der Waals surface area contributed by atoms with Crippen molar-refractivity contribution >= 4 is 23.0 Å². The normalized spacial score (nSPS) is 21.7. The van der Waals surface area contributed by atoms with E-state index in [0.717, 1.165) is 60.6 Å². The van der Waals surface area contributed by atoms with E-state index in [-0.39, 0.29) is 55.7 Å². The first-order chi connectivity index (χ1) is 30.1. The average Bonchev–Trinajstić information content (AvgIpc) is 3.66. The third-order valence-electron chi connectivity index (χ3n) is 12.4. The minimum absolute atomic E-state index is 0. The van der Waals surface area contributed by atoms with Gasteiger partial charge >= 0.3 is 0 Å². The number of anilines is 2. The van der Waals surface area contributed by atoms with Crippen LogP contribution in [0.2, 0.25) is 0 Å². The topological polar surface area (TPSA) is 109 Å². The summed E-state index contributed by atoms with van der Waals surface area (Å²) in [6.07, 6.45) is 7.40. The van der Waals surface area contributed by atoms with Gasteiger partial charge in [-0.3, -0.25) is 9.80 Å². The molecule has 8 rings (SSSR count). The van der Waals surface area contributed by atoms with E-state index in [1.54, 1.807) is 0 Å². The van der Waals surface area contributed by atoms with E-state index in [9.17, 15) is 10.2 Å².